The Kier molecular flexibility index (Phi) is 3.31. The molecule has 0 radical (unpaired) electrons. The summed E-state index contributed by atoms with van der Waals surface area (Å²) >= 11 is 0. The molecule has 5 heteroatoms. The van der Waals surface area contributed by atoms with E-state index in [2.05, 4.69) is 4.98 Å². The number of fused-ring (bicyclic) bond motifs is 1. The number of hydrogen-bond donors (Lipinski definition) is 1. The monoisotopic (exact) mass is 314 g/mol. The smallest absolute Gasteiger partial charge is 0.250 e. The molecule has 4 aromatic rings. The number of para-hydroxylation sites is 1. The van der Waals surface area contributed by atoms with Crippen molar-refractivity contribution in [3.8, 4) is 16.9 Å². The molecule has 0 saturated carbocycles. The molecule has 2 heterocycles. The molecular weight excluding hydrogens is 300 g/mol. The summed E-state index contributed by atoms with van der Waals surface area (Å²) in [6.07, 6.45) is 1.49. The zero-order valence-corrected chi connectivity index (χ0v) is 12.8. The number of carbonyl (C=O) groups is 1. The maximum absolute atomic E-state index is 11.5. The lowest BCUT2D eigenvalue weighted by molar-refractivity contribution is 0.1000. The van der Waals surface area contributed by atoms with Gasteiger partial charge in [-0.3, -0.25) is 4.79 Å². The number of amides is 1. The van der Waals surface area contributed by atoms with Crippen LogP contribution in [0.25, 0.3) is 28.0 Å². The Labute approximate surface area is 138 Å². The predicted molar refractivity (Wildman–Crippen MR) is 92.8 cm³/mol. The second-order valence-corrected chi connectivity index (χ2v) is 5.42. The van der Waals surface area contributed by atoms with Crippen LogP contribution in [0.1, 0.15) is 10.4 Å². The summed E-state index contributed by atoms with van der Waals surface area (Å²) in [4.78, 5) is 15.9. The van der Waals surface area contributed by atoms with Crippen LogP contribution >= 0.6 is 0 Å². The molecule has 5 nitrogen and oxygen atoms in total. The third-order valence-electron chi connectivity index (χ3n) is 3.85. The fraction of sp³-hybridized carbons (Fsp3) is 0. The third kappa shape index (κ3) is 2.32. The average Bonchev–Trinajstić information content (AvgIpc) is 3.02. The number of nitrogens with two attached hydrogens (primary N) is 1. The molecule has 0 unspecified atom stereocenters. The SMILES string of the molecule is NC(=O)c1cnc2c(c1)c(-c1ccccc1)nn2-c1ccccc1. The van der Waals surface area contributed by atoms with Crippen molar-refractivity contribution in [3.63, 3.8) is 0 Å². The van der Waals surface area contributed by atoms with Gasteiger partial charge in [0.1, 0.15) is 5.69 Å². The van der Waals surface area contributed by atoms with Crippen LogP contribution in [0.4, 0.5) is 0 Å². The largest absolute Gasteiger partial charge is 0.366 e. The molecule has 0 spiro atoms. The van der Waals surface area contributed by atoms with Gasteiger partial charge < -0.3 is 5.73 Å². The second kappa shape index (κ2) is 5.62. The van der Waals surface area contributed by atoms with Crippen molar-refractivity contribution in [2.24, 2.45) is 5.73 Å². The Bertz CT molecular complexity index is 1020. The van der Waals surface area contributed by atoms with Crippen molar-refractivity contribution < 1.29 is 4.79 Å². The van der Waals surface area contributed by atoms with E-state index in [4.69, 9.17) is 10.8 Å². The lowest BCUT2D eigenvalue weighted by atomic mass is 10.1. The van der Waals surface area contributed by atoms with Gasteiger partial charge in [-0.25, -0.2) is 9.67 Å². The van der Waals surface area contributed by atoms with E-state index in [1.807, 2.05) is 60.7 Å². The van der Waals surface area contributed by atoms with Crippen molar-refractivity contribution in [1.29, 1.82) is 0 Å². The molecule has 24 heavy (non-hydrogen) atoms. The van der Waals surface area contributed by atoms with Gasteiger partial charge in [-0.15, -0.1) is 0 Å². The zero-order chi connectivity index (χ0) is 16.5. The predicted octanol–water partition coefficient (Wildman–Crippen LogP) is 3.19. The standard InChI is InChI=1S/C19H14N4O/c20-18(24)14-11-16-17(13-7-3-1-4-8-13)22-23(19(16)21-12-14)15-9-5-2-6-10-15/h1-12H,(H2,20,24). The fourth-order valence-electron chi connectivity index (χ4n) is 2.70. The maximum atomic E-state index is 11.5. The fourth-order valence-corrected chi connectivity index (χ4v) is 2.70. The van der Waals surface area contributed by atoms with Crippen molar-refractivity contribution >= 4 is 16.9 Å². The van der Waals surface area contributed by atoms with Crippen molar-refractivity contribution in [1.82, 2.24) is 14.8 Å². The number of pyridine rings is 1. The molecule has 2 aromatic carbocycles. The van der Waals surface area contributed by atoms with E-state index < -0.39 is 5.91 Å². The van der Waals surface area contributed by atoms with Crippen LogP contribution in [0.5, 0.6) is 0 Å². The first-order valence-electron chi connectivity index (χ1n) is 7.53. The third-order valence-corrected chi connectivity index (χ3v) is 3.85. The van der Waals surface area contributed by atoms with Gasteiger partial charge in [-0.2, -0.15) is 5.10 Å². The van der Waals surface area contributed by atoms with Gasteiger partial charge in [0.05, 0.1) is 11.3 Å². The number of rotatable bonds is 3. The average molecular weight is 314 g/mol. The molecule has 2 N–H and O–H groups in total. The molecule has 0 atom stereocenters. The van der Waals surface area contributed by atoms with Gasteiger partial charge in [0.25, 0.3) is 0 Å². The van der Waals surface area contributed by atoms with E-state index >= 15 is 0 Å². The number of hydrogen-bond acceptors (Lipinski definition) is 3. The van der Waals surface area contributed by atoms with E-state index in [9.17, 15) is 4.79 Å². The van der Waals surface area contributed by atoms with Gasteiger partial charge in [0.15, 0.2) is 5.65 Å². The molecule has 0 bridgehead atoms. The normalized spacial score (nSPS) is 10.8. The highest BCUT2D eigenvalue weighted by atomic mass is 16.1. The number of benzene rings is 2. The zero-order valence-electron chi connectivity index (χ0n) is 12.8. The van der Waals surface area contributed by atoms with Crippen LogP contribution in [0.3, 0.4) is 0 Å². The van der Waals surface area contributed by atoms with Crippen LogP contribution in [0.15, 0.2) is 72.9 Å². The lowest BCUT2D eigenvalue weighted by Crippen LogP contribution is -2.11. The van der Waals surface area contributed by atoms with Crippen LogP contribution in [0.2, 0.25) is 0 Å². The molecule has 0 aliphatic rings. The summed E-state index contributed by atoms with van der Waals surface area (Å²) in [5.41, 5.74) is 9.09. The van der Waals surface area contributed by atoms with E-state index in [1.54, 1.807) is 10.7 Å². The van der Waals surface area contributed by atoms with Crippen molar-refractivity contribution in [2.75, 3.05) is 0 Å². The molecule has 4 rings (SSSR count). The highest BCUT2D eigenvalue weighted by Crippen LogP contribution is 2.29. The minimum Gasteiger partial charge on any atom is -0.366 e. The van der Waals surface area contributed by atoms with E-state index in [0.29, 0.717) is 11.2 Å². The molecule has 116 valence electrons. The molecular formula is C19H14N4O. The topological polar surface area (TPSA) is 73.8 Å². The summed E-state index contributed by atoms with van der Waals surface area (Å²) in [5, 5.41) is 5.53. The Hall–Kier alpha value is -3.47. The Morgan fingerprint density at radius 1 is 0.958 bits per heavy atom. The highest BCUT2D eigenvalue weighted by molar-refractivity contribution is 5.99. The van der Waals surface area contributed by atoms with Crippen LogP contribution in [-0.4, -0.2) is 20.7 Å². The molecule has 0 aliphatic heterocycles. The minimum atomic E-state index is -0.504. The van der Waals surface area contributed by atoms with Crippen LogP contribution in [-0.2, 0) is 0 Å². The van der Waals surface area contributed by atoms with Crippen molar-refractivity contribution in [2.45, 2.75) is 0 Å². The number of carbonyl (C=O) groups excluding carboxylic acids is 1. The number of primary amides is 1. The molecule has 0 saturated heterocycles. The first-order chi connectivity index (χ1) is 11.7. The first kappa shape index (κ1) is 14.1. The van der Waals surface area contributed by atoms with E-state index in [1.165, 1.54) is 6.20 Å². The number of nitrogens with zero attached hydrogens (tertiary/aromatic N) is 3. The quantitative estimate of drug-likeness (QED) is 0.631. The Morgan fingerprint density at radius 2 is 1.62 bits per heavy atom. The molecule has 2 aromatic heterocycles. The van der Waals surface area contributed by atoms with Crippen LogP contribution < -0.4 is 5.73 Å². The van der Waals surface area contributed by atoms with E-state index in [0.717, 1.165) is 22.3 Å². The summed E-state index contributed by atoms with van der Waals surface area (Å²) in [5.74, 6) is -0.504. The minimum absolute atomic E-state index is 0.368. The van der Waals surface area contributed by atoms with E-state index in [-0.39, 0.29) is 0 Å². The Morgan fingerprint density at radius 3 is 2.29 bits per heavy atom. The maximum Gasteiger partial charge on any atom is 0.250 e. The second-order valence-electron chi connectivity index (χ2n) is 5.42. The molecule has 1 amide bonds. The van der Waals surface area contributed by atoms with Gasteiger partial charge >= 0.3 is 0 Å². The first-order valence-corrected chi connectivity index (χ1v) is 7.53. The van der Waals surface area contributed by atoms with Gasteiger partial charge in [0, 0.05) is 17.1 Å². The van der Waals surface area contributed by atoms with Gasteiger partial charge in [0.2, 0.25) is 5.91 Å². The molecule has 0 fully saturated rings. The van der Waals surface area contributed by atoms with Gasteiger partial charge in [-0.05, 0) is 18.2 Å². The summed E-state index contributed by atoms with van der Waals surface area (Å²) in [6.45, 7) is 0. The summed E-state index contributed by atoms with van der Waals surface area (Å²) < 4.78 is 1.78. The number of aromatic nitrogens is 3. The summed E-state index contributed by atoms with van der Waals surface area (Å²) in [6, 6.07) is 21.3. The highest BCUT2D eigenvalue weighted by Gasteiger charge is 2.16. The van der Waals surface area contributed by atoms with Crippen molar-refractivity contribution in [3.05, 3.63) is 78.5 Å². The summed E-state index contributed by atoms with van der Waals surface area (Å²) in [7, 11) is 0. The Balaban J connectivity index is 2.04. The van der Waals surface area contributed by atoms with Gasteiger partial charge in [-0.1, -0.05) is 48.5 Å². The molecule has 0 aliphatic carbocycles. The lowest BCUT2D eigenvalue weighted by Gasteiger charge is -2.02. The van der Waals surface area contributed by atoms with Crippen LogP contribution in [0, 0.1) is 0 Å².